The number of esters is 3. The van der Waals surface area contributed by atoms with Crippen molar-refractivity contribution in [3.63, 3.8) is 0 Å². The van der Waals surface area contributed by atoms with E-state index in [1.165, 1.54) is 19.9 Å². The Balaban J connectivity index is 2.80. The first-order valence-corrected chi connectivity index (χ1v) is 6.65. The summed E-state index contributed by atoms with van der Waals surface area (Å²) >= 11 is 0. The molecule has 120 valence electrons. The number of hydrogen-bond donors (Lipinski definition) is 0. The first kappa shape index (κ1) is 17.5. The summed E-state index contributed by atoms with van der Waals surface area (Å²) in [5.41, 5.74) is 0.409. The standard InChI is InChI=1S/C15H18O7/c1-4-19-14(18)9-20-13-7-5-6-12(8-13)15(21-10(2)16)22-11(3)17/h5-8,15H,4,9H2,1-3H3. The van der Waals surface area contributed by atoms with Crippen LogP contribution >= 0.6 is 0 Å². The molecule has 0 aromatic heterocycles. The zero-order chi connectivity index (χ0) is 16.5. The molecule has 0 aliphatic carbocycles. The normalized spacial score (nSPS) is 10.0. The van der Waals surface area contributed by atoms with Crippen LogP contribution in [0.25, 0.3) is 0 Å². The smallest absolute Gasteiger partial charge is 0.344 e. The third-order valence-electron chi connectivity index (χ3n) is 2.34. The molecule has 0 spiro atoms. The molecular weight excluding hydrogens is 292 g/mol. The molecule has 0 saturated heterocycles. The highest BCUT2D eigenvalue weighted by atomic mass is 16.7. The Kier molecular flexibility index (Phi) is 6.88. The average Bonchev–Trinajstić information content (AvgIpc) is 2.44. The van der Waals surface area contributed by atoms with E-state index < -0.39 is 24.2 Å². The van der Waals surface area contributed by atoms with Crippen molar-refractivity contribution in [2.24, 2.45) is 0 Å². The minimum atomic E-state index is -1.17. The molecular formula is C15H18O7. The molecule has 0 saturated carbocycles. The Morgan fingerprint density at radius 2 is 1.73 bits per heavy atom. The lowest BCUT2D eigenvalue weighted by Crippen LogP contribution is -2.16. The van der Waals surface area contributed by atoms with Crippen molar-refractivity contribution in [1.29, 1.82) is 0 Å². The fraction of sp³-hybridized carbons (Fsp3) is 0.400. The minimum Gasteiger partial charge on any atom is -0.482 e. The van der Waals surface area contributed by atoms with Gasteiger partial charge in [0, 0.05) is 19.4 Å². The van der Waals surface area contributed by atoms with Crippen LogP contribution in [0.2, 0.25) is 0 Å². The summed E-state index contributed by atoms with van der Waals surface area (Å²) in [6, 6.07) is 6.35. The summed E-state index contributed by atoms with van der Waals surface area (Å²) in [5.74, 6) is -1.33. The van der Waals surface area contributed by atoms with Gasteiger partial charge >= 0.3 is 17.9 Å². The van der Waals surface area contributed by atoms with Gasteiger partial charge in [0.15, 0.2) is 6.61 Å². The molecule has 0 N–H and O–H groups in total. The van der Waals surface area contributed by atoms with Crippen molar-refractivity contribution in [2.45, 2.75) is 27.1 Å². The van der Waals surface area contributed by atoms with Gasteiger partial charge in [0.25, 0.3) is 6.29 Å². The van der Waals surface area contributed by atoms with E-state index in [1.807, 2.05) is 0 Å². The molecule has 0 amide bonds. The summed E-state index contributed by atoms with van der Waals surface area (Å²) in [7, 11) is 0. The zero-order valence-electron chi connectivity index (χ0n) is 12.7. The lowest BCUT2D eigenvalue weighted by atomic mass is 10.2. The molecule has 22 heavy (non-hydrogen) atoms. The second kappa shape index (κ2) is 8.66. The van der Waals surface area contributed by atoms with Gasteiger partial charge < -0.3 is 18.9 Å². The highest BCUT2D eigenvalue weighted by molar-refractivity contribution is 5.71. The first-order valence-electron chi connectivity index (χ1n) is 6.65. The van der Waals surface area contributed by atoms with Gasteiger partial charge in [-0.2, -0.15) is 0 Å². The van der Waals surface area contributed by atoms with E-state index in [-0.39, 0.29) is 13.2 Å². The SMILES string of the molecule is CCOC(=O)COc1cccc(C(OC(C)=O)OC(C)=O)c1. The number of ether oxygens (including phenoxy) is 4. The highest BCUT2D eigenvalue weighted by Gasteiger charge is 2.18. The molecule has 0 fully saturated rings. The summed E-state index contributed by atoms with van der Waals surface area (Å²) in [4.78, 5) is 33.4. The fourth-order valence-corrected chi connectivity index (χ4v) is 1.56. The van der Waals surface area contributed by atoms with Gasteiger partial charge in [0.05, 0.1) is 6.61 Å². The lowest BCUT2D eigenvalue weighted by molar-refractivity contribution is -0.186. The van der Waals surface area contributed by atoms with Crippen molar-refractivity contribution < 1.29 is 33.3 Å². The van der Waals surface area contributed by atoms with Crippen LogP contribution in [0, 0.1) is 0 Å². The van der Waals surface area contributed by atoms with Crippen molar-refractivity contribution in [3.05, 3.63) is 29.8 Å². The van der Waals surface area contributed by atoms with Crippen LogP contribution in [-0.4, -0.2) is 31.1 Å². The van der Waals surface area contributed by atoms with E-state index in [1.54, 1.807) is 25.1 Å². The van der Waals surface area contributed by atoms with Gasteiger partial charge in [-0.05, 0) is 19.1 Å². The van der Waals surface area contributed by atoms with E-state index in [2.05, 4.69) is 0 Å². The molecule has 7 nitrogen and oxygen atoms in total. The summed E-state index contributed by atoms with van der Waals surface area (Å²) < 4.78 is 19.9. The Bertz CT molecular complexity index is 522. The molecule has 1 aromatic carbocycles. The summed E-state index contributed by atoms with van der Waals surface area (Å²) in [5, 5.41) is 0. The van der Waals surface area contributed by atoms with Crippen LogP contribution in [0.3, 0.4) is 0 Å². The minimum absolute atomic E-state index is 0.247. The van der Waals surface area contributed by atoms with Crippen LogP contribution < -0.4 is 4.74 Å². The number of carbonyl (C=O) groups is 3. The zero-order valence-corrected chi connectivity index (χ0v) is 12.7. The van der Waals surface area contributed by atoms with Crippen molar-refractivity contribution in [1.82, 2.24) is 0 Å². The molecule has 1 rings (SSSR count). The quantitative estimate of drug-likeness (QED) is 0.560. The Labute approximate surface area is 128 Å². The van der Waals surface area contributed by atoms with Gasteiger partial charge in [0.1, 0.15) is 5.75 Å². The van der Waals surface area contributed by atoms with Gasteiger partial charge in [0.2, 0.25) is 0 Å². The number of rotatable bonds is 7. The summed E-state index contributed by atoms with van der Waals surface area (Å²) in [6.07, 6.45) is -1.17. The largest absolute Gasteiger partial charge is 0.482 e. The Hall–Kier alpha value is -2.57. The van der Waals surface area contributed by atoms with Crippen LogP contribution in [0.1, 0.15) is 32.6 Å². The van der Waals surface area contributed by atoms with Gasteiger partial charge in [-0.1, -0.05) is 12.1 Å². The number of hydrogen-bond acceptors (Lipinski definition) is 7. The first-order chi connectivity index (χ1) is 10.4. The molecule has 7 heteroatoms. The van der Waals surface area contributed by atoms with Gasteiger partial charge in [-0.3, -0.25) is 9.59 Å². The second-order valence-corrected chi connectivity index (χ2v) is 4.22. The molecule has 1 aromatic rings. The van der Waals surface area contributed by atoms with Gasteiger partial charge in [-0.15, -0.1) is 0 Å². The topological polar surface area (TPSA) is 88.1 Å². The number of benzene rings is 1. The van der Waals surface area contributed by atoms with Crippen LogP contribution in [0.4, 0.5) is 0 Å². The van der Waals surface area contributed by atoms with E-state index >= 15 is 0 Å². The predicted octanol–water partition coefficient (Wildman–Crippen LogP) is 1.75. The van der Waals surface area contributed by atoms with Crippen LogP contribution in [0.5, 0.6) is 5.75 Å². The van der Waals surface area contributed by atoms with E-state index in [0.29, 0.717) is 11.3 Å². The fourth-order valence-electron chi connectivity index (χ4n) is 1.56. The maximum atomic E-state index is 11.2. The number of carbonyl (C=O) groups excluding carboxylic acids is 3. The third kappa shape index (κ3) is 6.25. The molecule has 0 bridgehead atoms. The van der Waals surface area contributed by atoms with E-state index in [9.17, 15) is 14.4 Å². The predicted molar refractivity (Wildman–Crippen MR) is 74.8 cm³/mol. The monoisotopic (exact) mass is 310 g/mol. The summed E-state index contributed by atoms with van der Waals surface area (Å²) in [6.45, 7) is 4.13. The molecule has 0 atom stereocenters. The highest BCUT2D eigenvalue weighted by Crippen LogP contribution is 2.23. The van der Waals surface area contributed by atoms with Crippen molar-refractivity contribution >= 4 is 17.9 Å². The van der Waals surface area contributed by atoms with Gasteiger partial charge in [-0.25, -0.2) is 4.79 Å². The Morgan fingerprint density at radius 3 is 2.27 bits per heavy atom. The third-order valence-corrected chi connectivity index (χ3v) is 2.34. The van der Waals surface area contributed by atoms with Crippen LogP contribution in [-0.2, 0) is 28.6 Å². The van der Waals surface area contributed by atoms with Crippen molar-refractivity contribution in [2.75, 3.05) is 13.2 Å². The second-order valence-electron chi connectivity index (χ2n) is 4.22. The van der Waals surface area contributed by atoms with E-state index in [0.717, 1.165) is 0 Å². The molecule has 0 radical (unpaired) electrons. The van der Waals surface area contributed by atoms with Crippen molar-refractivity contribution in [3.8, 4) is 5.75 Å². The van der Waals surface area contributed by atoms with Crippen LogP contribution in [0.15, 0.2) is 24.3 Å². The van der Waals surface area contributed by atoms with E-state index in [4.69, 9.17) is 18.9 Å². The lowest BCUT2D eigenvalue weighted by Gasteiger charge is -2.17. The molecule has 0 heterocycles. The Morgan fingerprint density at radius 1 is 1.09 bits per heavy atom. The maximum absolute atomic E-state index is 11.2. The maximum Gasteiger partial charge on any atom is 0.344 e. The molecule has 0 aliphatic rings. The average molecular weight is 310 g/mol. The molecule has 0 aliphatic heterocycles. The molecule has 0 unspecified atom stereocenters.